The molecule has 0 amide bonds. The molecule has 0 spiro atoms. The number of hydrazine groups is 1. The molecule has 2 saturated heterocycles. The van der Waals surface area contributed by atoms with Crippen LogP contribution in [0.25, 0.3) is 0 Å². The number of hydrogen-bond donors (Lipinski definition) is 3. The van der Waals surface area contributed by atoms with Crippen LogP contribution in [0.5, 0.6) is 0 Å². The van der Waals surface area contributed by atoms with Gasteiger partial charge in [0.25, 0.3) is 0 Å². The molecule has 2 atom stereocenters. The lowest BCUT2D eigenvalue weighted by Crippen LogP contribution is -2.52. The molecular weight excluding hydrogens is 240 g/mol. The van der Waals surface area contributed by atoms with Crippen LogP contribution >= 0.6 is 0 Å². The Morgan fingerprint density at radius 1 is 1.21 bits per heavy atom. The molecule has 19 heavy (non-hydrogen) atoms. The van der Waals surface area contributed by atoms with E-state index in [4.69, 9.17) is 5.84 Å². The van der Waals surface area contributed by atoms with Gasteiger partial charge in [0, 0.05) is 18.1 Å². The molecule has 1 aromatic heterocycles. The predicted octanol–water partition coefficient (Wildman–Crippen LogP) is 1.19. The molecule has 2 aliphatic heterocycles. The van der Waals surface area contributed by atoms with Gasteiger partial charge >= 0.3 is 0 Å². The van der Waals surface area contributed by atoms with Crippen LogP contribution in [0.1, 0.15) is 32.1 Å². The standard InChI is InChI=1S/C13H22N6/c1-19-10-3-2-4-11(19)6-9(5-10)16-12-7-15-8-13(17-12)18-14/h7-11H,2-6,14H2,1H3,(H2,16,17,18). The van der Waals surface area contributed by atoms with Crippen molar-refractivity contribution in [3.8, 4) is 0 Å². The van der Waals surface area contributed by atoms with Gasteiger partial charge in [-0.05, 0) is 32.7 Å². The molecular formula is C13H22N6. The van der Waals surface area contributed by atoms with E-state index in [-0.39, 0.29) is 0 Å². The highest BCUT2D eigenvalue weighted by molar-refractivity contribution is 5.41. The lowest BCUT2D eigenvalue weighted by atomic mass is 9.82. The van der Waals surface area contributed by atoms with Crippen LogP contribution in [0.2, 0.25) is 0 Å². The summed E-state index contributed by atoms with van der Waals surface area (Å²) in [5, 5.41) is 3.51. The summed E-state index contributed by atoms with van der Waals surface area (Å²) < 4.78 is 0. The van der Waals surface area contributed by atoms with Crippen molar-refractivity contribution in [3.05, 3.63) is 12.4 Å². The highest BCUT2D eigenvalue weighted by Crippen LogP contribution is 2.33. The van der Waals surface area contributed by atoms with Crippen molar-refractivity contribution >= 4 is 11.6 Å². The first kappa shape index (κ1) is 12.6. The number of nitrogens with one attached hydrogen (secondary N) is 2. The van der Waals surface area contributed by atoms with E-state index < -0.39 is 0 Å². The first-order valence-corrected chi connectivity index (χ1v) is 7.03. The van der Waals surface area contributed by atoms with Crippen LogP contribution in [-0.2, 0) is 0 Å². The van der Waals surface area contributed by atoms with Gasteiger partial charge < -0.3 is 15.6 Å². The SMILES string of the molecule is CN1C2CCCC1CC(Nc1cncc(NN)n1)C2. The Labute approximate surface area is 113 Å². The Kier molecular flexibility index (Phi) is 3.52. The normalized spacial score (nSPS) is 30.9. The lowest BCUT2D eigenvalue weighted by Gasteiger charge is -2.47. The van der Waals surface area contributed by atoms with E-state index in [0.29, 0.717) is 23.9 Å². The number of fused-ring (bicyclic) bond motifs is 2. The molecule has 3 heterocycles. The topological polar surface area (TPSA) is 79.1 Å². The zero-order chi connectivity index (χ0) is 13.2. The minimum atomic E-state index is 0.494. The first-order valence-electron chi connectivity index (χ1n) is 7.03. The molecule has 104 valence electrons. The average Bonchev–Trinajstić information content (AvgIpc) is 2.40. The summed E-state index contributed by atoms with van der Waals surface area (Å²) in [5.41, 5.74) is 2.53. The first-order chi connectivity index (χ1) is 9.26. The van der Waals surface area contributed by atoms with Gasteiger partial charge in [-0.2, -0.15) is 0 Å². The van der Waals surface area contributed by atoms with Crippen LogP contribution in [0.15, 0.2) is 12.4 Å². The van der Waals surface area contributed by atoms with E-state index in [1.54, 1.807) is 12.4 Å². The highest BCUT2D eigenvalue weighted by Gasteiger charge is 2.35. The number of rotatable bonds is 3. The summed E-state index contributed by atoms with van der Waals surface area (Å²) in [6, 6.07) is 1.93. The Morgan fingerprint density at radius 3 is 2.58 bits per heavy atom. The van der Waals surface area contributed by atoms with Gasteiger partial charge in [-0.1, -0.05) is 6.42 Å². The summed E-state index contributed by atoms with van der Waals surface area (Å²) >= 11 is 0. The second-order valence-corrected chi connectivity index (χ2v) is 5.65. The highest BCUT2D eigenvalue weighted by atomic mass is 15.3. The zero-order valence-electron chi connectivity index (χ0n) is 11.3. The van der Waals surface area contributed by atoms with Crippen molar-refractivity contribution in [1.29, 1.82) is 0 Å². The van der Waals surface area contributed by atoms with Gasteiger partial charge in [-0.15, -0.1) is 0 Å². The summed E-state index contributed by atoms with van der Waals surface area (Å²) in [6.45, 7) is 0. The fraction of sp³-hybridized carbons (Fsp3) is 0.692. The number of nitrogens with two attached hydrogens (primary N) is 1. The van der Waals surface area contributed by atoms with E-state index in [0.717, 1.165) is 5.82 Å². The fourth-order valence-electron chi connectivity index (χ4n) is 3.45. The molecule has 0 aromatic carbocycles. The van der Waals surface area contributed by atoms with Gasteiger partial charge in [-0.25, -0.2) is 10.8 Å². The molecule has 6 nitrogen and oxygen atoms in total. The van der Waals surface area contributed by atoms with Crippen molar-refractivity contribution in [3.63, 3.8) is 0 Å². The van der Waals surface area contributed by atoms with Crippen LogP contribution in [0.4, 0.5) is 11.6 Å². The molecule has 1 aromatic rings. The third-order valence-corrected chi connectivity index (χ3v) is 4.47. The number of hydrogen-bond acceptors (Lipinski definition) is 6. The summed E-state index contributed by atoms with van der Waals surface area (Å²) in [5.74, 6) is 6.76. The zero-order valence-corrected chi connectivity index (χ0v) is 11.3. The number of aromatic nitrogens is 2. The number of nitrogen functional groups attached to an aromatic ring is 1. The molecule has 6 heteroatoms. The minimum absolute atomic E-state index is 0.494. The van der Waals surface area contributed by atoms with E-state index >= 15 is 0 Å². The van der Waals surface area contributed by atoms with Crippen LogP contribution < -0.4 is 16.6 Å². The summed E-state index contributed by atoms with van der Waals surface area (Å²) in [4.78, 5) is 11.1. The monoisotopic (exact) mass is 262 g/mol. The van der Waals surface area contributed by atoms with Crippen LogP contribution in [0, 0.1) is 0 Å². The second kappa shape index (κ2) is 5.30. The third kappa shape index (κ3) is 2.64. The van der Waals surface area contributed by atoms with E-state index in [2.05, 4.69) is 32.7 Å². The Balaban J connectivity index is 1.67. The Bertz CT molecular complexity index is 423. The van der Waals surface area contributed by atoms with Crippen molar-refractivity contribution in [1.82, 2.24) is 14.9 Å². The maximum absolute atomic E-state index is 5.36. The second-order valence-electron chi connectivity index (χ2n) is 5.65. The van der Waals surface area contributed by atoms with E-state index in [9.17, 15) is 0 Å². The van der Waals surface area contributed by atoms with Gasteiger partial charge in [-0.3, -0.25) is 4.98 Å². The van der Waals surface area contributed by atoms with Crippen molar-refractivity contribution < 1.29 is 0 Å². The molecule has 2 fully saturated rings. The average molecular weight is 262 g/mol. The van der Waals surface area contributed by atoms with Crippen molar-refractivity contribution in [2.75, 3.05) is 17.8 Å². The van der Waals surface area contributed by atoms with Crippen molar-refractivity contribution in [2.45, 2.75) is 50.2 Å². The Hall–Kier alpha value is -1.40. The number of anilines is 2. The fourth-order valence-corrected chi connectivity index (χ4v) is 3.45. The molecule has 0 radical (unpaired) electrons. The summed E-state index contributed by atoms with van der Waals surface area (Å²) in [7, 11) is 2.27. The maximum Gasteiger partial charge on any atom is 0.160 e. The largest absolute Gasteiger partial charge is 0.366 e. The molecule has 2 unspecified atom stereocenters. The number of piperidine rings is 2. The van der Waals surface area contributed by atoms with E-state index in [1.807, 2.05) is 0 Å². The molecule has 2 bridgehead atoms. The van der Waals surface area contributed by atoms with E-state index in [1.165, 1.54) is 32.1 Å². The van der Waals surface area contributed by atoms with Crippen LogP contribution in [-0.4, -0.2) is 40.0 Å². The quantitative estimate of drug-likeness (QED) is 0.561. The van der Waals surface area contributed by atoms with Gasteiger partial charge in [0.2, 0.25) is 0 Å². The van der Waals surface area contributed by atoms with Gasteiger partial charge in [0.05, 0.1) is 12.4 Å². The summed E-state index contributed by atoms with van der Waals surface area (Å²) in [6.07, 6.45) is 9.77. The Morgan fingerprint density at radius 2 is 1.89 bits per heavy atom. The van der Waals surface area contributed by atoms with Crippen molar-refractivity contribution in [2.24, 2.45) is 5.84 Å². The molecule has 2 aliphatic rings. The molecule has 4 N–H and O–H groups in total. The lowest BCUT2D eigenvalue weighted by molar-refractivity contribution is 0.0608. The molecule has 0 saturated carbocycles. The van der Waals surface area contributed by atoms with Gasteiger partial charge in [0.1, 0.15) is 5.82 Å². The molecule has 0 aliphatic carbocycles. The maximum atomic E-state index is 5.36. The minimum Gasteiger partial charge on any atom is -0.366 e. The number of nitrogens with zero attached hydrogens (tertiary/aromatic N) is 3. The molecule has 3 rings (SSSR count). The predicted molar refractivity (Wildman–Crippen MR) is 75.7 cm³/mol. The van der Waals surface area contributed by atoms with Gasteiger partial charge in [0.15, 0.2) is 5.82 Å². The smallest absolute Gasteiger partial charge is 0.160 e. The third-order valence-electron chi connectivity index (χ3n) is 4.47. The van der Waals surface area contributed by atoms with Crippen LogP contribution in [0.3, 0.4) is 0 Å².